The summed E-state index contributed by atoms with van der Waals surface area (Å²) in [4.78, 5) is 12.5. The number of benzene rings is 2. The first-order valence-electron chi connectivity index (χ1n) is 8.42. The van der Waals surface area contributed by atoms with Gasteiger partial charge in [0.1, 0.15) is 18.2 Å². The topological polar surface area (TPSA) is 50.4 Å². The molecule has 0 unspecified atom stereocenters. The van der Waals surface area contributed by atoms with Crippen LogP contribution in [0.25, 0.3) is 5.70 Å². The van der Waals surface area contributed by atoms with E-state index in [1.165, 1.54) is 19.1 Å². The minimum atomic E-state index is -0.441. The summed E-state index contributed by atoms with van der Waals surface area (Å²) in [6, 6.07) is 13.0. The van der Waals surface area contributed by atoms with Crippen LogP contribution in [0, 0.1) is 5.82 Å². The van der Waals surface area contributed by atoms with Crippen LogP contribution in [-0.4, -0.2) is 17.5 Å². The fraction of sp³-hybridized carbons (Fsp3) is 0.143. The molecule has 2 N–H and O–H groups in total. The average Bonchev–Trinajstić information content (AvgIpc) is 2.66. The van der Waals surface area contributed by atoms with E-state index >= 15 is 0 Å². The van der Waals surface area contributed by atoms with E-state index < -0.39 is 6.04 Å². The molecule has 1 atom stereocenters. The highest BCUT2D eigenvalue weighted by Crippen LogP contribution is 2.33. The zero-order chi connectivity index (χ0) is 19.4. The Bertz CT molecular complexity index is 922. The number of hydrogen-bond donors (Lipinski definition) is 2. The molecule has 0 aromatic heterocycles. The van der Waals surface area contributed by atoms with Crippen LogP contribution in [0.4, 0.5) is 4.39 Å². The van der Waals surface area contributed by atoms with E-state index in [9.17, 15) is 9.18 Å². The van der Waals surface area contributed by atoms with Gasteiger partial charge in [-0.3, -0.25) is 4.79 Å². The van der Waals surface area contributed by atoms with Crippen molar-refractivity contribution in [2.45, 2.75) is 13.0 Å². The summed E-state index contributed by atoms with van der Waals surface area (Å²) in [5, 5.41) is 6.59. The van der Waals surface area contributed by atoms with Crippen molar-refractivity contribution in [1.82, 2.24) is 10.6 Å². The second-order valence-corrected chi connectivity index (χ2v) is 6.46. The number of Topliss-reactive ketones (excluding diaryl/α,β-unsaturated/α-hetero) is 1. The first-order chi connectivity index (χ1) is 13.0. The number of rotatable bonds is 6. The maximum absolute atomic E-state index is 13.3. The average molecular weight is 382 g/mol. The predicted molar refractivity (Wildman–Crippen MR) is 108 cm³/mol. The lowest BCUT2D eigenvalue weighted by atomic mass is 9.90. The van der Waals surface area contributed by atoms with Gasteiger partial charge in [-0.2, -0.15) is 0 Å². The lowest BCUT2D eigenvalue weighted by Gasteiger charge is -2.31. The Morgan fingerprint density at radius 1 is 1.30 bits per heavy atom. The van der Waals surface area contributed by atoms with Crippen molar-refractivity contribution < 1.29 is 13.9 Å². The molecule has 4 nitrogen and oxygen atoms in total. The van der Waals surface area contributed by atoms with Crippen LogP contribution in [0.1, 0.15) is 24.1 Å². The number of thiocarbonyl (C=S) groups is 1. The van der Waals surface area contributed by atoms with Gasteiger partial charge < -0.3 is 15.4 Å². The third-order valence-electron chi connectivity index (χ3n) is 4.14. The van der Waals surface area contributed by atoms with E-state index in [0.29, 0.717) is 34.3 Å². The van der Waals surface area contributed by atoms with Gasteiger partial charge in [0, 0.05) is 5.57 Å². The molecule has 138 valence electrons. The molecule has 0 bridgehead atoms. The maximum Gasteiger partial charge on any atom is 0.171 e. The van der Waals surface area contributed by atoms with Crippen molar-refractivity contribution in [2.24, 2.45) is 0 Å². The molecule has 0 saturated heterocycles. The molecule has 0 radical (unpaired) electrons. The van der Waals surface area contributed by atoms with E-state index in [-0.39, 0.29) is 11.6 Å². The Hall–Kier alpha value is -2.99. The molecule has 0 spiro atoms. The number of halogens is 1. The SMILES string of the molecule is C=CCOc1cccc([C@H]2NC(=S)NC(c3ccc(F)cc3)=C2C(C)=O)c1. The van der Waals surface area contributed by atoms with E-state index in [0.717, 1.165) is 5.56 Å². The zero-order valence-corrected chi connectivity index (χ0v) is 15.6. The van der Waals surface area contributed by atoms with Crippen LogP contribution in [0.5, 0.6) is 5.75 Å². The number of carbonyl (C=O) groups excluding carboxylic acids is 1. The second-order valence-electron chi connectivity index (χ2n) is 6.06. The van der Waals surface area contributed by atoms with Gasteiger partial charge in [-0.1, -0.05) is 24.8 Å². The molecule has 1 aliphatic heterocycles. The normalized spacial score (nSPS) is 16.4. The number of ketones is 1. The van der Waals surface area contributed by atoms with E-state index in [2.05, 4.69) is 17.2 Å². The van der Waals surface area contributed by atoms with E-state index in [1.807, 2.05) is 24.3 Å². The molecule has 0 aliphatic carbocycles. The van der Waals surface area contributed by atoms with Crippen LogP contribution in [-0.2, 0) is 4.79 Å². The van der Waals surface area contributed by atoms with Crippen LogP contribution >= 0.6 is 12.2 Å². The summed E-state index contributed by atoms with van der Waals surface area (Å²) in [5.74, 6) is 0.216. The first-order valence-corrected chi connectivity index (χ1v) is 8.82. The molecular formula is C21H19FN2O2S. The van der Waals surface area contributed by atoms with Gasteiger partial charge in [-0.15, -0.1) is 0 Å². The fourth-order valence-electron chi connectivity index (χ4n) is 2.98. The van der Waals surface area contributed by atoms with Crippen LogP contribution in [0.15, 0.2) is 66.8 Å². The van der Waals surface area contributed by atoms with Gasteiger partial charge in [0.25, 0.3) is 0 Å². The Morgan fingerprint density at radius 3 is 2.70 bits per heavy atom. The Kier molecular flexibility index (Phi) is 5.66. The largest absolute Gasteiger partial charge is 0.490 e. The summed E-state index contributed by atoms with van der Waals surface area (Å²) in [6.07, 6.45) is 1.66. The van der Waals surface area contributed by atoms with Gasteiger partial charge in [0.2, 0.25) is 0 Å². The van der Waals surface area contributed by atoms with Crippen molar-refractivity contribution >= 4 is 28.8 Å². The van der Waals surface area contributed by atoms with Gasteiger partial charge >= 0.3 is 0 Å². The van der Waals surface area contributed by atoms with Crippen molar-refractivity contribution in [2.75, 3.05) is 6.61 Å². The summed E-state index contributed by atoms with van der Waals surface area (Å²) in [5.41, 5.74) is 2.63. The first kappa shape index (κ1) is 18.8. The van der Waals surface area contributed by atoms with Crippen molar-refractivity contribution in [1.29, 1.82) is 0 Å². The third kappa shape index (κ3) is 4.23. The molecule has 6 heteroatoms. The monoisotopic (exact) mass is 382 g/mol. The summed E-state index contributed by atoms with van der Waals surface area (Å²) in [7, 11) is 0. The van der Waals surface area contributed by atoms with E-state index in [4.69, 9.17) is 17.0 Å². The molecule has 2 aromatic carbocycles. The van der Waals surface area contributed by atoms with Crippen LogP contribution < -0.4 is 15.4 Å². The molecule has 0 saturated carbocycles. The number of nitrogens with one attached hydrogen (secondary N) is 2. The molecular weight excluding hydrogens is 363 g/mol. The summed E-state index contributed by atoms with van der Waals surface area (Å²) < 4.78 is 18.9. The molecule has 1 heterocycles. The van der Waals surface area contributed by atoms with Crippen molar-refractivity contribution in [3.8, 4) is 5.75 Å². The summed E-state index contributed by atoms with van der Waals surface area (Å²) in [6.45, 7) is 5.53. The van der Waals surface area contributed by atoms with Crippen molar-refractivity contribution in [3.05, 3.63) is 83.7 Å². The smallest absolute Gasteiger partial charge is 0.171 e. The molecule has 0 amide bonds. The lowest BCUT2D eigenvalue weighted by molar-refractivity contribution is -0.113. The molecule has 0 fully saturated rings. The highest BCUT2D eigenvalue weighted by atomic mass is 32.1. The van der Waals surface area contributed by atoms with E-state index in [1.54, 1.807) is 18.2 Å². The highest BCUT2D eigenvalue weighted by Gasteiger charge is 2.30. The second kappa shape index (κ2) is 8.14. The Morgan fingerprint density at radius 2 is 2.04 bits per heavy atom. The van der Waals surface area contributed by atoms with Crippen LogP contribution in [0.3, 0.4) is 0 Å². The predicted octanol–water partition coefficient (Wildman–Crippen LogP) is 3.91. The highest BCUT2D eigenvalue weighted by molar-refractivity contribution is 7.80. The molecule has 27 heavy (non-hydrogen) atoms. The Balaban J connectivity index is 2.09. The number of hydrogen-bond acceptors (Lipinski definition) is 3. The number of ether oxygens (including phenoxy) is 1. The molecule has 1 aliphatic rings. The quantitative estimate of drug-likeness (QED) is 0.586. The van der Waals surface area contributed by atoms with Gasteiger partial charge in [-0.05, 0) is 66.7 Å². The molecule has 3 rings (SSSR count). The minimum absolute atomic E-state index is 0.112. The molecule has 2 aromatic rings. The maximum atomic E-state index is 13.3. The standard InChI is InChI=1S/C21H19FN2O2S/c1-3-11-26-17-6-4-5-15(12-17)20-18(13(2)25)19(23-21(27)24-20)14-7-9-16(22)10-8-14/h3-10,12,20H,1,11H2,2H3,(H2,23,24,27)/t20-/m1/s1. The van der Waals surface area contributed by atoms with Crippen molar-refractivity contribution in [3.63, 3.8) is 0 Å². The number of carbonyl (C=O) groups is 1. The van der Waals surface area contributed by atoms with Crippen LogP contribution in [0.2, 0.25) is 0 Å². The van der Waals surface area contributed by atoms with Gasteiger partial charge in [-0.25, -0.2) is 4.39 Å². The Labute approximate surface area is 162 Å². The zero-order valence-electron chi connectivity index (χ0n) is 14.8. The third-order valence-corrected chi connectivity index (χ3v) is 4.36. The fourth-order valence-corrected chi connectivity index (χ4v) is 3.20. The summed E-state index contributed by atoms with van der Waals surface area (Å²) >= 11 is 5.34. The lowest BCUT2D eigenvalue weighted by Crippen LogP contribution is -2.44. The minimum Gasteiger partial charge on any atom is -0.490 e. The van der Waals surface area contributed by atoms with Gasteiger partial charge in [0.05, 0.1) is 11.7 Å². The van der Waals surface area contributed by atoms with Gasteiger partial charge in [0.15, 0.2) is 10.9 Å².